The quantitative estimate of drug-likeness (QED) is 0.653. The standard InChI is InChI=1S/C13H10N2O4/c16-10-5-3-4-9(8-10)14-13(17)11-6-1-2-7-12(11)15(18)19/h1-8,16H,(H,14,17). The van der Waals surface area contributed by atoms with Crippen LogP contribution in [0.2, 0.25) is 0 Å². The fourth-order valence-electron chi connectivity index (χ4n) is 1.61. The molecule has 0 atom stereocenters. The Morgan fingerprint density at radius 2 is 1.89 bits per heavy atom. The highest BCUT2D eigenvalue weighted by Gasteiger charge is 2.19. The Bertz CT molecular complexity index is 640. The molecule has 0 saturated heterocycles. The van der Waals surface area contributed by atoms with Crippen molar-refractivity contribution < 1.29 is 14.8 Å². The number of nitrogens with one attached hydrogen (secondary N) is 1. The Balaban J connectivity index is 2.28. The van der Waals surface area contributed by atoms with E-state index in [9.17, 15) is 20.0 Å². The van der Waals surface area contributed by atoms with Gasteiger partial charge in [0.25, 0.3) is 11.6 Å². The molecule has 0 radical (unpaired) electrons. The summed E-state index contributed by atoms with van der Waals surface area (Å²) in [5, 5.41) is 22.6. The van der Waals surface area contributed by atoms with E-state index in [0.717, 1.165) is 0 Å². The summed E-state index contributed by atoms with van der Waals surface area (Å²) in [7, 11) is 0. The van der Waals surface area contributed by atoms with Crippen LogP contribution in [0.1, 0.15) is 10.4 Å². The molecule has 0 aliphatic rings. The Labute approximate surface area is 108 Å². The summed E-state index contributed by atoms with van der Waals surface area (Å²) in [6.45, 7) is 0. The third-order valence-corrected chi connectivity index (χ3v) is 2.45. The number of rotatable bonds is 3. The summed E-state index contributed by atoms with van der Waals surface area (Å²) >= 11 is 0. The lowest BCUT2D eigenvalue weighted by Gasteiger charge is -2.05. The van der Waals surface area contributed by atoms with E-state index in [4.69, 9.17) is 0 Å². The van der Waals surface area contributed by atoms with Crippen LogP contribution in [0.4, 0.5) is 11.4 Å². The van der Waals surface area contributed by atoms with E-state index >= 15 is 0 Å². The smallest absolute Gasteiger partial charge is 0.282 e. The zero-order valence-corrected chi connectivity index (χ0v) is 9.74. The van der Waals surface area contributed by atoms with Gasteiger partial charge >= 0.3 is 0 Å². The van der Waals surface area contributed by atoms with Crippen molar-refractivity contribution in [1.29, 1.82) is 0 Å². The number of phenols is 1. The fraction of sp³-hybridized carbons (Fsp3) is 0. The molecule has 0 aliphatic heterocycles. The predicted molar refractivity (Wildman–Crippen MR) is 69.2 cm³/mol. The third-order valence-electron chi connectivity index (χ3n) is 2.45. The molecular formula is C13H10N2O4. The van der Waals surface area contributed by atoms with Gasteiger partial charge in [0.2, 0.25) is 0 Å². The fourth-order valence-corrected chi connectivity index (χ4v) is 1.61. The van der Waals surface area contributed by atoms with Gasteiger partial charge in [-0.25, -0.2) is 0 Å². The van der Waals surface area contributed by atoms with Crippen molar-refractivity contribution in [2.75, 3.05) is 5.32 Å². The molecule has 0 fully saturated rings. The number of nitro benzene ring substituents is 1. The summed E-state index contributed by atoms with van der Waals surface area (Å²) in [6.07, 6.45) is 0. The first-order valence-corrected chi connectivity index (χ1v) is 5.42. The maximum Gasteiger partial charge on any atom is 0.282 e. The highest BCUT2D eigenvalue weighted by Crippen LogP contribution is 2.20. The number of nitro groups is 1. The maximum absolute atomic E-state index is 12.0. The molecule has 2 aromatic carbocycles. The molecule has 0 unspecified atom stereocenters. The van der Waals surface area contributed by atoms with Crippen LogP contribution in [-0.4, -0.2) is 15.9 Å². The summed E-state index contributed by atoms with van der Waals surface area (Å²) in [6, 6.07) is 11.6. The lowest BCUT2D eigenvalue weighted by Crippen LogP contribution is -2.13. The molecule has 6 nitrogen and oxygen atoms in total. The second-order valence-electron chi connectivity index (χ2n) is 3.78. The molecule has 96 valence electrons. The Morgan fingerprint density at radius 1 is 1.16 bits per heavy atom. The monoisotopic (exact) mass is 258 g/mol. The van der Waals surface area contributed by atoms with Crippen molar-refractivity contribution >= 4 is 17.3 Å². The van der Waals surface area contributed by atoms with Gasteiger partial charge in [0.15, 0.2) is 0 Å². The minimum atomic E-state index is -0.614. The van der Waals surface area contributed by atoms with Crippen LogP contribution in [0.25, 0.3) is 0 Å². The largest absolute Gasteiger partial charge is 0.508 e. The SMILES string of the molecule is O=C(Nc1cccc(O)c1)c1ccccc1[N+](=O)[O-]. The van der Waals surface area contributed by atoms with Gasteiger partial charge in [-0.3, -0.25) is 14.9 Å². The zero-order chi connectivity index (χ0) is 13.8. The molecular weight excluding hydrogens is 248 g/mol. The van der Waals surface area contributed by atoms with Crippen molar-refractivity contribution in [3.63, 3.8) is 0 Å². The van der Waals surface area contributed by atoms with E-state index in [-0.39, 0.29) is 17.0 Å². The number of amides is 1. The second kappa shape index (κ2) is 5.18. The van der Waals surface area contributed by atoms with Gasteiger partial charge in [0.05, 0.1) is 4.92 Å². The number of hydrogen-bond donors (Lipinski definition) is 2. The average Bonchev–Trinajstić information content (AvgIpc) is 2.38. The molecule has 6 heteroatoms. The first-order chi connectivity index (χ1) is 9.08. The molecule has 19 heavy (non-hydrogen) atoms. The van der Waals surface area contributed by atoms with Crippen LogP contribution in [0, 0.1) is 10.1 Å². The van der Waals surface area contributed by atoms with Gasteiger partial charge in [-0.2, -0.15) is 0 Å². The Hall–Kier alpha value is -2.89. The van der Waals surface area contributed by atoms with Crippen molar-refractivity contribution in [2.24, 2.45) is 0 Å². The molecule has 0 bridgehead atoms. The topological polar surface area (TPSA) is 92.5 Å². The first kappa shape index (κ1) is 12.6. The minimum absolute atomic E-state index is 0.000335. The van der Waals surface area contributed by atoms with Gasteiger partial charge in [-0.05, 0) is 18.2 Å². The van der Waals surface area contributed by atoms with Crippen LogP contribution in [0.3, 0.4) is 0 Å². The number of benzene rings is 2. The number of carbonyl (C=O) groups is 1. The zero-order valence-electron chi connectivity index (χ0n) is 9.74. The lowest BCUT2D eigenvalue weighted by molar-refractivity contribution is -0.385. The Kier molecular flexibility index (Phi) is 3.42. The third kappa shape index (κ3) is 2.86. The van der Waals surface area contributed by atoms with Gasteiger partial charge < -0.3 is 10.4 Å². The van der Waals surface area contributed by atoms with Crippen LogP contribution in [0.15, 0.2) is 48.5 Å². The number of aromatic hydroxyl groups is 1. The molecule has 0 saturated carbocycles. The van der Waals surface area contributed by atoms with Crippen LogP contribution >= 0.6 is 0 Å². The number of para-hydroxylation sites is 1. The summed E-state index contributed by atoms with van der Waals surface area (Å²) in [5.41, 5.74) is 0.0687. The molecule has 2 rings (SSSR count). The molecule has 0 aliphatic carbocycles. The van der Waals surface area contributed by atoms with Crippen molar-refractivity contribution in [2.45, 2.75) is 0 Å². The molecule has 0 aromatic heterocycles. The van der Waals surface area contributed by atoms with Crippen LogP contribution < -0.4 is 5.32 Å². The number of phenolic OH excluding ortho intramolecular Hbond substituents is 1. The highest BCUT2D eigenvalue weighted by atomic mass is 16.6. The molecule has 1 amide bonds. The molecule has 0 heterocycles. The molecule has 0 spiro atoms. The number of hydrogen-bond acceptors (Lipinski definition) is 4. The second-order valence-corrected chi connectivity index (χ2v) is 3.78. The molecule has 2 aromatic rings. The first-order valence-electron chi connectivity index (χ1n) is 5.42. The number of nitrogens with zero attached hydrogens (tertiary/aromatic N) is 1. The predicted octanol–water partition coefficient (Wildman–Crippen LogP) is 2.55. The minimum Gasteiger partial charge on any atom is -0.508 e. The van der Waals surface area contributed by atoms with Crippen molar-refractivity contribution in [3.8, 4) is 5.75 Å². The van der Waals surface area contributed by atoms with Crippen LogP contribution in [0.5, 0.6) is 5.75 Å². The van der Waals surface area contributed by atoms with Gasteiger partial charge in [-0.1, -0.05) is 18.2 Å². The van der Waals surface area contributed by atoms with E-state index in [1.165, 1.54) is 30.3 Å². The number of carbonyl (C=O) groups excluding carboxylic acids is 1. The lowest BCUT2D eigenvalue weighted by atomic mass is 10.1. The van der Waals surface area contributed by atoms with Gasteiger partial charge in [-0.15, -0.1) is 0 Å². The summed E-state index contributed by atoms with van der Waals surface area (Å²) < 4.78 is 0. The van der Waals surface area contributed by atoms with Crippen molar-refractivity contribution in [1.82, 2.24) is 0 Å². The van der Waals surface area contributed by atoms with E-state index in [1.807, 2.05) is 0 Å². The van der Waals surface area contributed by atoms with Gasteiger partial charge in [0.1, 0.15) is 11.3 Å². The van der Waals surface area contributed by atoms with Crippen molar-refractivity contribution in [3.05, 3.63) is 64.2 Å². The maximum atomic E-state index is 12.0. The number of anilines is 1. The van der Waals surface area contributed by atoms with E-state index < -0.39 is 10.8 Å². The highest BCUT2D eigenvalue weighted by molar-refractivity contribution is 6.07. The normalized spacial score (nSPS) is 9.89. The van der Waals surface area contributed by atoms with E-state index in [2.05, 4.69) is 5.32 Å². The molecule has 2 N–H and O–H groups in total. The average molecular weight is 258 g/mol. The summed E-state index contributed by atoms with van der Waals surface area (Å²) in [4.78, 5) is 22.2. The van der Waals surface area contributed by atoms with Gasteiger partial charge in [0, 0.05) is 17.8 Å². The summed E-state index contributed by atoms with van der Waals surface area (Å²) in [5.74, 6) is -0.599. The Morgan fingerprint density at radius 3 is 2.58 bits per heavy atom. The van der Waals surface area contributed by atoms with Crippen LogP contribution in [-0.2, 0) is 0 Å². The van der Waals surface area contributed by atoms with E-state index in [1.54, 1.807) is 18.2 Å². The van der Waals surface area contributed by atoms with E-state index in [0.29, 0.717) is 5.69 Å².